The second kappa shape index (κ2) is 9.23. The topological polar surface area (TPSA) is 112 Å². The first kappa shape index (κ1) is 22.9. The molecule has 7 rings (SSSR count). The van der Waals surface area contributed by atoms with E-state index in [9.17, 15) is 4.79 Å². The summed E-state index contributed by atoms with van der Waals surface area (Å²) in [6.07, 6.45) is 3.54. The zero-order valence-electron chi connectivity index (χ0n) is 21.0. The maximum absolute atomic E-state index is 13.3. The molecular formula is C28H29N8O2+. The minimum absolute atomic E-state index is 0.0610. The number of aromatic amines is 2. The molecule has 2 aliphatic heterocycles. The molecule has 0 bridgehead atoms. The fourth-order valence-electron chi connectivity index (χ4n) is 5.56. The lowest BCUT2D eigenvalue weighted by atomic mass is 10.1. The van der Waals surface area contributed by atoms with Crippen LogP contribution in [0.1, 0.15) is 10.5 Å². The Labute approximate surface area is 219 Å². The van der Waals surface area contributed by atoms with Gasteiger partial charge in [0.25, 0.3) is 5.91 Å². The molecule has 0 aliphatic carbocycles. The number of morpholine rings is 1. The van der Waals surface area contributed by atoms with Crippen LogP contribution in [0, 0.1) is 0 Å². The lowest BCUT2D eigenvalue weighted by molar-refractivity contribution is -0.938. The Morgan fingerprint density at radius 3 is 2.68 bits per heavy atom. The molecule has 0 saturated carbocycles. The summed E-state index contributed by atoms with van der Waals surface area (Å²) in [6.45, 7) is 7.30. The Morgan fingerprint density at radius 2 is 1.82 bits per heavy atom. The van der Waals surface area contributed by atoms with Crippen LogP contribution < -0.4 is 5.32 Å². The van der Waals surface area contributed by atoms with Gasteiger partial charge in [0.2, 0.25) is 0 Å². The van der Waals surface area contributed by atoms with Crippen molar-refractivity contribution in [2.75, 3.05) is 57.8 Å². The SMILES string of the molecule is O=C(c1cc2ccc(-c3nccc(Nc4ccc5[nH]ncc5c4)n3)cc2[nH]1)N1CC[N+]2(CCOCC2)CC1. The largest absolute Gasteiger partial charge is 0.370 e. The molecule has 0 radical (unpaired) electrons. The Morgan fingerprint density at radius 1 is 0.947 bits per heavy atom. The molecule has 2 aliphatic rings. The number of benzene rings is 2. The van der Waals surface area contributed by atoms with Gasteiger partial charge in [0.05, 0.1) is 51.1 Å². The van der Waals surface area contributed by atoms with Crippen molar-refractivity contribution in [3.63, 3.8) is 0 Å². The number of ether oxygens (including phenoxy) is 1. The molecule has 2 aromatic carbocycles. The summed E-state index contributed by atoms with van der Waals surface area (Å²) in [6, 6.07) is 15.8. The van der Waals surface area contributed by atoms with Crippen molar-refractivity contribution in [2.45, 2.75) is 0 Å². The minimum atomic E-state index is 0.0610. The standard InChI is InChI=1S/C28H28N8O2/c37-28(35-7-9-36(10-8-35)11-13-38-14-12-36)25-16-19-1-2-20(17-24(19)32-25)27-29-6-5-26(33-27)31-22-3-4-23-21(15-22)18-30-34-23/h1-6,15-18H,7-14H2,(H2-,29,30,31,32,33,34,37)/p+1. The number of nitrogens with zero attached hydrogens (tertiary/aromatic N) is 5. The Kier molecular flexibility index (Phi) is 5.56. The van der Waals surface area contributed by atoms with Crippen molar-refractivity contribution in [3.05, 3.63) is 66.6 Å². The van der Waals surface area contributed by atoms with Crippen LogP contribution in [-0.4, -0.2) is 92.9 Å². The van der Waals surface area contributed by atoms with Gasteiger partial charge in [0.15, 0.2) is 5.82 Å². The molecule has 0 unspecified atom stereocenters. The van der Waals surface area contributed by atoms with Crippen molar-refractivity contribution in [1.29, 1.82) is 0 Å². The average Bonchev–Trinajstić information content (AvgIpc) is 3.60. The number of hydrogen-bond acceptors (Lipinski definition) is 6. The monoisotopic (exact) mass is 509 g/mol. The molecule has 2 saturated heterocycles. The number of carbonyl (C=O) groups is 1. The van der Waals surface area contributed by atoms with E-state index in [4.69, 9.17) is 9.72 Å². The predicted molar refractivity (Wildman–Crippen MR) is 145 cm³/mol. The highest BCUT2D eigenvalue weighted by molar-refractivity contribution is 5.98. The van der Waals surface area contributed by atoms with Gasteiger partial charge in [-0.2, -0.15) is 5.10 Å². The summed E-state index contributed by atoms with van der Waals surface area (Å²) in [4.78, 5) is 27.8. The Hall–Kier alpha value is -4.28. The molecule has 10 heteroatoms. The first-order valence-corrected chi connectivity index (χ1v) is 13.0. The van der Waals surface area contributed by atoms with E-state index < -0.39 is 0 Å². The number of quaternary nitrogens is 1. The van der Waals surface area contributed by atoms with E-state index in [1.807, 2.05) is 53.4 Å². The second-order valence-electron chi connectivity index (χ2n) is 10.2. The minimum Gasteiger partial charge on any atom is -0.370 e. The third-order valence-corrected chi connectivity index (χ3v) is 7.87. The number of hydrogen-bond donors (Lipinski definition) is 3. The molecule has 0 atom stereocenters. The van der Waals surface area contributed by atoms with Crippen molar-refractivity contribution >= 4 is 39.2 Å². The number of amides is 1. The van der Waals surface area contributed by atoms with E-state index in [-0.39, 0.29) is 5.91 Å². The van der Waals surface area contributed by atoms with Crippen molar-refractivity contribution < 1.29 is 14.0 Å². The van der Waals surface area contributed by atoms with Gasteiger partial charge in [-0.3, -0.25) is 9.89 Å². The molecule has 5 aromatic rings. The van der Waals surface area contributed by atoms with E-state index in [1.165, 1.54) is 0 Å². The molecule has 38 heavy (non-hydrogen) atoms. The summed E-state index contributed by atoms with van der Waals surface area (Å²) in [5.74, 6) is 1.37. The first-order valence-electron chi connectivity index (χ1n) is 13.0. The van der Waals surface area contributed by atoms with Gasteiger partial charge in [0.1, 0.15) is 24.6 Å². The highest BCUT2D eigenvalue weighted by Crippen LogP contribution is 2.26. The fraction of sp³-hybridized carbons (Fsp3) is 0.286. The summed E-state index contributed by atoms with van der Waals surface area (Å²) >= 11 is 0. The lowest BCUT2D eigenvalue weighted by Gasteiger charge is -2.46. The molecule has 2 fully saturated rings. The van der Waals surface area contributed by atoms with E-state index >= 15 is 0 Å². The van der Waals surface area contributed by atoms with Gasteiger partial charge >= 0.3 is 0 Å². The van der Waals surface area contributed by atoms with Crippen LogP contribution in [0.3, 0.4) is 0 Å². The van der Waals surface area contributed by atoms with Crippen LogP contribution in [0.5, 0.6) is 0 Å². The third-order valence-electron chi connectivity index (χ3n) is 7.87. The molecule has 3 aromatic heterocycles. The zero-order chi connectivity index (χ0) is 25.5. The molecule has 10 nitrogen and oxygen atoms in total. The van der Waals surface area contributed by atoms with E-state index in [2.05, 4.69) is 25.5 Å². The number of carbonyl (C=O) groups excluding carboxylic acids is 1. The molecule has 192 valence electrons. The maximum Gasteiger partial charge on any atom is 0.270 e. The van der Waals surface area contributed by atoms with E-state index in [0.29, 0.717) is 17.3 Å². The van der Waals surface area contributed by atoms with Crippen LogP contribution >= 0.6 is 0 Å². The van der Waals surface area contributed by atoms with E-state index in [1.54, 1.807) is 12.4 Å². The lowest BCUT2D eigenvalue weighted by Crippen LogP contribution is -2.64. The van der Waals surface area contributed by atoms with Crippen LogP contribution in [0.2, 0.25) is 0 Å². The predicted octanol–water partition coefficient (Wildman–Crippen LogP) is 3.55. The van der Waals surface area contributed by atoms with Gasteiger partial charge in [-0.05, 0) is 36.4 Å². The summed E-state index contributed by atoms with van der Waals surface area (Å²) in [7, 11) is 0. The summed E-state index contributed by atoms with van der Waals surface area (Å²) < 4.78 is 6.62. The first-order chi connectivity index (χ1) is 18.6. The molecule has 1 spiro atoms. The van der Waals surface area contributed by atoms with Crippen molar-refractivity contribution in [2.24, 2.45) is 0 Å². The second-order valence-corrected chi connectivity index (χ2v) is 10.2. The molecule has 5 heterocycles. The third kappa shape index (κ3) is 4.27. The number of aromatic nitrogens is 5. The van der Waals surface area contributed by atoms with Crippen LogP contribution in [0.25, 0.3) is 33.2 Å². The highest BCUT2D eigenvalue weighted by Gasteiger charge is 2.36. The molecule has 1 amide bonds. The Balaban J connectivity index is 1.08. The normalized spacial score (nSPS) is 17.3. The van der Waals surface area contributed by atoms with Crippen LogP contribution in [-0.2, 0) is 4.74 Å². The number of rotatable bonds is 4. The number of H-pyrrole nitrogens is 2. The molecular weight excluding hydrogens is 480 g/mol. The fourth-order valence-corrected chi connectivity index (χ4v) is 5.56. The Bertz CT molecular complexity index is 1620. The van der Waals surface area contributed by atoms with Crippen molar-refractivity contribution in [3.8, 4) is 11.4 Å². The summed E-state index contributed by atoms with van der Waals surface area (Å²) in [5, 5.41) is 12.4. The van der Waals surface area contributed by atoms with Crippen molar-refractivity contribution in [1.82, 2.24) is 30.0 Å². The van der Waals surface area contributed by atoms with Gasteiger partial charge in [-0.1, -0.05) is 12.1 Å². The number of piperazine rings is 1. The molecule has 3 N–H and O–H groups in total. The highest BCUT2D eigenvalue weighted by atomic mass is 16.5. The van der Waals surface area contributed by atoms with Crippen LogP contribution in [0.15, 0.2) is 60.9 Å². The quantitative estimate of drug-likeness (QED) is 0.320. The number of nitrogens with one attached hydrogen (secondary N) is 3. The zero-order valence-corrected chi connectivity index (χ0v) is 21.0. The maximum atomic E-state index is 13.3. The van der Waals surface area contributed by atoms with Gasteiger partial charge in [-0.25, -0.2) is 9.97 Å². The van der Waals surface area contributed by atoms with E-state index in [0.717, 1.165) is 90.0 Å². The summed E-state index contributed by atoms with van der Waals surface area (Å²) in [5.41, 5.74) is 4.30. The number of anilines is 2. The van der Waals surface area contributed by atoms with Gasteiger partial charge < -0.3 is 24.4 Å². The smallest absolute Gasteiger partial charge is 0.270 e. The average molecular weight is 510 g/mol. The number of fused-ring (bicyclic) bond motifs is 2. The van der Waals surface area contributed by atoms with Crippen LogP contribution in [0.4, 0.5) is 11.5 Å². The van der Waals surface area contributed by atoms with Gasteiger partial charge in [-0.15, -0.1) is 0 Å². The van der Waals surface area contributed by atoms with Gasteiger partial charge in [0, 0.05) is 33.7 Å².